The molecule has 1 unspecified atom stereocenters. The molecule has 8 nitrogen and oxygen atoms in total. The highest BCUT2D eigenvalue weighted by Gasteiger charge is 2.23. The number of aldehydes is 1. The van der Waals surface area contributed by atoms with Crippen molar-refractivity contribution in [1.82, 2.24) is 15.5 Å². The number of amides is 2. The molecule has 0 radical (unpaired) electrons. The van der Waals surface area contributed by atoms with Crippen LogP contribution in [0.3, 0.4) is 0 Å². The number of carbonyl (C=O) groups excluding carboxylic acids is 3. The normalized spacial score (nSPS) is 16.8. The smallest absolute Gasteiger partial charge is 0.326 e. The van der Waals surface area contributed by atoms with Gasteiger partial charge in [0.25, 0.3) is 0 Å². The summed E-state index contributed by atoms with van der Waals surface area (Å²) in [5.41, 5.74) is 0. The summed E-state index contributed by atoms with van der Waals surface area (Å²) in [5, 5.41) is 14.1. The Kier molecular flexibility index (Phi) is 5.94. The Balaban J connectivity index is 2.45. The number of aliphatic carboxylic acids is 1. The number of carboxylic acids is 1. The molecule has 1 saturated heterocycles. The SMILES string of the molecule is O=CCCC(NC(=O)CN1CCNCC1=O)C(=O)O. The number of rotatable bonds is 7. The molecule has 19 heavy (non-hydrogen) atoms. The van der Waals surface area contributed by atoms with Gasteiger partial charge >= 0.3 is 5.97 Å². The molecule has 1 aliphatic rings. The Bertz CT molecular complexity index is 371. The van der Waals surface area contributed by atoms with E-state index in [4.69, 9.17) is 5.11 Å². The van der Waals surface area contributed by atoms with Crippen LogP contribution >= 0.6 is 0 Å². The summed E-state index contributed by atoms with van der Waals surface area (Å²) >= 11 is 0. The second kappa shape index (κ2) is 7.47. The molecule has 2 amide bonds. The maximum Gasteiger partial charge on any atom is 0.326 e. The molecule has 0 aromatic carbocycles. The average Bonchev–Trinajstić information content (AvgIpc) is 2.37. The molecule has 8 heteroatoms. The molecule has 0 aromatic heterocycles. The Morgan fingerprint density at radius 2 is 2.26 bits per heavy atom. The fourth-order valence-electron chi connectivity index (χ4n) is 1.72. The van der Waals surface area contributed by atoms with Crippen molar-refractivity contribution in [3.05, 3.63) is 0 Å². The standard InChI is InChI=1S/C11H17N3O5/c15-5-1-2-8(11(18)19)13-9(16)7-14-4-3-12-6-10(14)17/h5,8,12H,1-4,6-7H2,(H,13,16)(H,18,19). The Hall–Kier alpha value is -1.96. The van der Waals surface area contributed by atoms with Crippen molar-refractivity contribution >= 4 is 24.1 Å². The van der Waals surface area contributed by atoms with E-state index in [0.29, 0.717) is 19.4 Å². The predicted octanol–water partition coefficient (Wildman–Crippen LogP) is -2.03. The van der Waals surface area contributed by atoms with Crippen molar-refractivity contribution in [1.29, 1.82) is 0 Å². The van der Waals surface area contributed by atoms with Crippen molar-refractivity contribution in [3.63, 3.8) is 0 Å². The van der Waals surface area contributed by atoms with Gasteiger partial charge in [0.2, 0.25) is 11.8 Å². The highest BCUT2D eigenvalue weighted by molar-refractivity contribution is 5.88. The minimum atomic E-state index is -1.19. The van der Waals surface area contributed by atoms with E-state index in [-0.39, 0.29) is 31.8 Å². The molecule has 1 fully saturated rings. The lowest BCUT2D eigenvalue weighted by molar-refractivity contribution is -0.143. The average molecular weight is 271 g/mol. The molecule has 1 heterocycles. The van der Waals surface area contributed by atoms with Gasteiger partial charge in [-0.3, -0.25) is 9.59 Å². The minimum Gasteiger partial charge on any atom is -0.480 e. The van der Waals surface area contributed by atoms with E-state index in [9.17, 15) is 19.2 Å². The second-order valence-corrected chi connectivity index (χ2v) is 4.19. The van der Waals surface area contributed by atoms with Crippen LogP contribution in [0.25, 0.3) is 0 Å². The van der Waals surface area contributed by atoms with Crippen molar-refractivity contribution in [2.24, 2.45) is 0 Å². The largest absolute Gasteiger partial charge is 0.480 e. The second-order valence-electron chi connectivity index (χ2n) is 4.19. The van der Waals surface area contributed by atoms with Gasteiger partial charge in [-0.05, 0) is 6.42 Å². The molecule has 0 aliphatic carbocycles. The van der Waals surface area contributed by atoms with Crippen LogP contribution in [0.2, 0.25) is 0 Å². The fraction of sp³-hybridized carbons (Fsp3) is 0.636. The zero-order chi connectivity index (χ0) is 14.3. The van der Waals surface area contributed by atoms with Crippen LogP contribution in [0.5, 0.6) is 0 Å². The lowest BCUT2D eigenvalue weighted by atomic mass is 10.1. The highest BCUT2D eigenvalue weighted by atomic mass is 16.4. The molecular formula is C11H17N3O5. The zero-order valence-electron chi connectivity index (χ0n) is 10.4. The Labute approximate surface area is 110 Å². The van der Waals surface area contributed by atoms with E-state index < -0.39 is 17.9 Å². The summed E-state index contributed by atoms with van der Waals surface area (Å²) < 4.78 is 0. The van der Waals surface area contributed by atoms with Crippen molar-refractivity contribution in [2.45, 2.75) is 18.9 Å². The molecule has 3 N–H and O–H groups in total. The van der Waals surface area contributed by atoms with E-state index in [0.717, 1.165) is 0 Å². The summed E-state index contributed by atoms with van der Waals surface area (Å²) in [6.45, 7) is 1.04. The summed E-state index contributed by atoms with van der Waals surface area (Å²) in [6, 6.07) is -1.10. The van der Waals surface area contributed by atoms with Crippen molar-refractivity contribution in [2.75, 3.05) is 26.2 Å². The van der Waals surface area contributed by atoms with Crippen molar-refractivity contribution < 1.29 is 24.3 Å². The van der Waals surface area contributed by atoms with Gasteiger partial charge in [0, 0.05) is 19.5 Å². The van der Waals surface area contributed by atoms with Gasteiger partial charge in [-0.2, -0.15) is 0 Å². The highest BCUT2D eigenvalue weighted by Crippen LogP contribution is 1.98. The van der Waals surface area contributed by atoms with Crippen molar-refractivity contribution in [3.8, 4) is 0 Å². The van der Waals surface area contributed by atoms with Crippen LogP contribution in [0.15, 0.2) is 0 Å². The minimum absolute atomic E-state index is 0.0417. The van der Waals surface area contributed by atoms with Crippen LogP contribution in [0, 0.1) is 0 Å². The summed E-state index contributed by atoms with van der Waals surface area (Å²) in [5.74, 6) is -1.92. The maximum absolute atomic E-state index is 11.7. The molecule has 106 valence electrons. The quantitative estimate of drug-likeness (QED) is 0.460. The third-order valence-electron chi connectivity index (χ3n) is 2.73. The molecule has 1 aliphatic heterocycles. The van der Waals surface area contributed by atoms with E-state index in [1.165, 1.54) is 4.90 Å². The van der Waals surface area contributed by atoms with Gasteiger partial charge in [-0.15, -0.1) is 0 Å². The van der Waals surface area contributed by atoms with Crippen LogP contribution in [0.1, 0.15) is 12.8 Å². The molecular weight excluding hydrogens is 254 g/mol. The molecule has 0 saturated carbocycles. The van der Waals surface area contributed by atoms with Gasteiger partial charge in [0.1, 0.15) is 12.3 Å². The van der Waals surface area contributed by atoms with E-state index in [1.54, 1.807) is 0 Å². The molecule has 1 atom stereocenters. The topological polar surface area (TPSA) is 116 Å². The predicted molar refractivity (Wildman–Crippen MR) is 64.3 cm³/mol. The molecule has 0 bridgehead atoms. The third kappa shape index (κ3) is 5.04. The summed E-state index contributed by atoms with van der Waals surface area (Å²) in [6.07, 6.45) is 0.700. The first kappa shape index (κ1) is 15.1. The number of carboxylic acid groups (broad SMARTS) is 1. The maximum atomic E-state index is 11.7. The van der Waals surface area contributed by atoms with Gasteiger partial charge in [-0.25, -0.2) is 4.79 Å². The first-order chi connectivity index (χ1) is 9.04. The lowest BCUT2D eigenvalue weighted by Crippen LogP contribution is -2.53. The summed E-state index contributed by atoms with van der Waals surface area (Å²) in [4.78, 5) is 45.6. The van der Waals surface area contributed by atoms with Gasteiger partial charge < -0.3 is 25.4 Å². The van der Waals surface area contributed by atoms with Crippen LogP contribution < -0.4 is 10.6 Å². The first-order valence-electron chi connectivity index (χ1n) is 5.99. The monoisotopic (exact) mass is 271 g/mol. The molecule has 1 rings (SSSR count). The number of hydrogen-bond acceptors (Lipinski definition) is 5. The molecule has 0 spiro atoms. The van der Waals surface area contributed by atoms with E-state index in [1.807, 2.05) is 0 Å². The summed E-state index contributed by atoms with van der Waals surface area (Å²) in [7, 11) is 0. The zero-order valence-corrected chi connectivity index (χ0v) is 10.4. The number of nitrogens with zero attached hydrogens (tertiary/aromatic N) is 1. The number of nitrogens with one attached hydrogen (secondary N) is 2. The van der Waals surface area contributed by atoms with Crippen LogP contribution in [-0.4, -0.2) is 66.3 Å². The fourth-order valence-corrected chi connectivity index (χ4v) is 1.72. The number of hydrogen-bond donors (Lipinski definition) is 3. The van der Waals surface area contributed by atoms with E-state index in [2.05, 4.69) is 10.6 Å². The van der Waals surface area contributed by atoms with Gasteiger partial charge in [0.15, 0.2) is 0 Å². The number of piperazine rings is 1. The van der Waals surface area contributed by atoms with Gasteiger partial charge in [0.05, 0.1) is 13.1 Å². The number of carbonyl (C=O) groups is 4. The van der Waals surface area contributed by atoms with Crippen LogP contribution in [-0.2, 0) is 19.2 Å². The van der Waals surface area contributed by atoms with Crippen LogP contribution in [0.4, 0.5) is 0 Å². The molecule has 0 aromatic rings. The first-order valence-corrected chi connectivity index (χ1v) is 5.99. The Morgan fingerprint density at radius 3 is 2.84 bits per heavy atom. The third-order valence-corrected chi connectivity index (χ3v) is 2.73. The van der Waals surface area contributed by atoms with Gasteiger partial charge in [-0.1, -0.05) is 0 Å². The lowest BCUT2D eigenvalue weighted by Gasteiger charge is -2.27. The Morgan fingerprint density at radius 1 is 1.53 bits per heavy atom. The van der Waals surface area contributed by atoms with E-state index >= 15 is 0 Å².